The summed E-state index contributed by atoms with van der Waals surface area (Å²) >= 11 is 9.66. The van der Waals surface area contributed by atoms with E-state index in [1.807, 2.05) is 19.9 Å². The lowest BCUT2D eigenvalue weighted by Gasteiger charge is -2.22. The third-order valence-corrected chi connectivity index (χ3v) is 4.04. The molecule has 1 aliphatic heterocycles. The van der Waals surface area contributed by atoms with Crippen molar-refractivity contribution >= 4 is 38.4 Å². The Morgan fingerprint density at radius 2 is 2.06 bits per heavy atom. The van der Waals surface area contributed by atoms with E-state index in [-0.39, 0.29) is 0 Å². The summed E-state index contributed by atoms with van der Waals surface area (Å²) in [6, 6.07) is 3.99. The molecule has 2 aromatic rings. The van der Waals surface area contributed by atoms with Crippen molar-refractivity contribution in [3.8, 4) is 0 Å². The molecule has 0 bridgehead atoms. The summed E-state index contributed by atoms with van der Waals surface area (Å²) in [5.41, 5.74) is 3.92. The van der Waals surface area contributed by atoms with Crippen LogP contribution < -0.4 is 0 Å². The summed E-state index contributed by atoms with van der Waals surface area (Å²) < 4.78 is 1.05. The number of aromatic amines is 1. The number of aromatic nitrogens is 1. The highest BCUT2D eigenvalue weighted by atomic mass is 79.9. The summed E-state index contributed by atoms with van der Waals surface area (Å²) in [7, 11) is 2.15. The molecule has 1 aromatic carbocycles. The summed E-state index contributed by atoms with van der Waals surface area (Å²) in [5, 5.41) is 2.04. The number of nitrogens with one attached hydrogen (secondary N) is 1. The second kappa shape index (κ2) is 5.64. The molecule has 98 valence electrons. The van der Waals surface area contributed by atoms with Crippen molar-refractivity contribution in [1.82, 2.24) is 9.88 Å². The van der Waals surface area contributed by atoms with E-state index in [2.05, 4.69) is 38.9 Å². The molecule has 18 heavy (non-hydrogen) atoms. The van der Waals surface area contributed by atoms with Crippen LogP contribution >= 0.6 is 27.5 Å². The number of halogens is 2. The molecule has 0 radical (unpaired) electrons. The number of benzene rings is 1. The Bertz CT molecular complexity index is 562. The maximum Gasteiger partial charge on any atom is 0.0604 e. The first-order valence-corrected chi connectivity index (χ1v) is 7.49. The van der Waals surface area contributed by atoms with Gasteiger partial charge in [-0.2, -0.15) is 0 Å². The Morgan fingerprint density at radius 1 is 1.33 bits per heavy atom. The molecule has 1 aromatic heterocycles. The lowest BCUT2D eigenvalue weighted by atomic mass is 10.1. The van der Waals surface area contributed by atoms with Gasteiger partial charge in [0.1, 0.15) is 0 Å². The van der Waals surface area contributed by atoms with E-state index in [0.717, 1.165) is 29.0 Å². The second-order valence-corrected chi connectivity index (χ2v) is 5.67. The SMILES string of the molecule is CC.CN1CCc2[nH]c3c(Br)cc(Cl)cc3c2C1. The van der Waals surface area contributed by atoms with Gasteiger partial charge in [-0.25, -0.2) is 0 Å². The summed E-state index contributed by atoms with van der Waals surface area (Å²) in [6.45, 7) is 6.12. The molecule has 2 heterocycles. The van der Waals surface area contributed by atoms with E-state index in [4.69, 9.17) is 11.6 Å². The van der Waals surface area contributed by atoms with Crippen molar-refractivity contribution in [2.75, 3.05) is 13.6 Å². The fourth-order valence-electron chi connectivity index (χ4n) is 2.37. The van der Waals surface area contributed by atoms with Crippen molar-refractivity contribution in [3.05, 3.63) is 32.9 Å². The molecule has 0 atom stereocenters. The number of nitrogens with zero attached hydrogens (tertiary/aromatic N) is 1. The van der Waals surface area contributed by atoms with Crippen molar-refractivity contribution in [3.63, 3.8) is 0 Å². The van der Waals surface area contributed by atoms with Crippen molar-refractivity contribution < 1.29 is 0 Å². The van der Waals surface area contributed by atoms with E-state index < -0.39 is 0 Å². The van der Waals surface area contributed by atoms with Gasteiger partial charge in [0.15, 0.2) is 0 Å². The molecule has 1 N–H and O–H groups in total. The highest BCUT2D eigenvalue weighted by molar-refractivity contribution is 9.10. The van der Waals surface area contributed by atoms with Crippen LogP contribution in [0.4, 0.5) is 0 Å². The predicted molar refractivity (Wildman–Crippen MR) is 82.4 cm³/mol. The predicted octanol–water partition coefficient (Wildman–Crippen LogP) is 4.60. The molecule has 0 saturated heterocycles. The minimum absolute atomic E-state index is 0.786. The van der Waals surface area contributed by atoms with Gasteiger partial charge in [0.2, 0.25) is 0 Å². The zero-order valence-electron chi connectivity index (χ0n) is 11.0. The molecular formula is C14H18BrClN2. The number of fused-ring (bicyclic) bond motifs is 3. The third kappa shape index (κ3) is 2.44. The fourth-order valence-corrected chi connectivity index (χ4v) is 3.28. The summed E-state index contributed by atoms with van der Waals surface area (Å²) in [4.78, 5) is 5.84. The molecule has 3 rings (SSSR count). The summed E-state index contributed by atoms with van der Waals surface area (Å²) in [5.74, 6) is 0. The van der Waals surface area contributed by atoms with Crippen LogP contribution in [0.3, 0.4) is 0 Å². The Kier molecular flexibility index (Phi) is 4.36. The Balaban J connectivity index is 0.000000574. The standard InChI is InChI=1S/C12H12BrClN2.C2H6/c1-16-3-2-11-9(6-16)8-4-7(14)5-10(13)12(8)15-11;1-2/h4-5,15H,2-3,6H2,1H3;1-2H3. The van der Waals surface area contributed by atoms with Crippen LogP contribution in [-0.4, -0.2) is 23.5 Å². The van der Waals surface area contributed by atoms with E-state index >= 15 is 0 Å². The molecule has 0 amide bonds. The zero-order valence-corrected chi connectivity index (χ0v) is 13.3. The topological polar surface area (TPSA) is 19.0 Å². The number of rotatable bonds is 0. The Morgan fingerprint density at radius 3 is 2.78 bits per heavy atom. The van der Waals surface area contributed by atoms with Crippen molar-refractivity contribution in [2.45, 2.75) is 26.8 Å². The average Bonchev–Trinajstić information content (AvgIpc) is 2.70. The molecule has 0 spiro atoms. The highest BCUT2D eigenvalue weighted by Crippen LogP contribution is 2.34. The van der Waals surface area contributed by atoms with Crippen LogP contribution in [0.1, 0.15) is 25.1 Å². The van der Waals surface area contributed by atoms with Gasteiger partial charge in [0.05, 0.1) is 5.52 Å². The fraction of sp³-hybridized carbons (Fsp3) is 0.429. The van der Waals surface area contributed by atoms with Gasteiger partial charge in [-0.3, -0.25) is 0 Å². The van der Waals surface area contributed by atoms with Crippen LogP contribution in [0.5, 0.6) is 0 Å². The normalized spacial score (nSPS) is 15.2. The van der Waals surface area contributed by atoms with Crippen LogP contribution in [0, 0.1) is 0 Å². The van der Waals surface area contributed by atoms with Crippen LogP contribution in [0.2, 0.25) is 5.02 Å². The van der Waals surface area contributed by atoms with Crippen LogP contribution in [0.25, 0.3) is 10.9 Å². The van der Waals surface area contributed by atoms with Gasteiger partial charge in [-0.1, -0.05) is 25.4 Å². The molecule has 2 nitrogen and oxygen atoms in total. The number of H-pyrrole nitrogens is 1. The van der Waals surface area contributed by atoms with E-state index in [1.165, 1.54) is 22.2 Å². The molecule has 1 aliphatic rings. The van der Waals surface area contributed by atoms with Gasteiger partial charge in [-0.05, 0) is 40.7 Å². The monoisotopic (exact) mass is 328 g/mol. The maximum atomic E-state index is 6.10. The molecule has 0 unspecified atom stereocenters. The van der Waals surface area contributed by atoms with E-state index in [1.54, 1.807) is 0 Å². The maximum absolute atomic E-state index is 6.10. The summed E-state index contributed by atoms with van der Waals surface area (Å²) in [6.07, 6.45) is 1.09. The van der Waals surface area contributed by atoms with Crippen LogP contribution in [0.15, 0.2) is 16.6 Å². The highest BCUT2D eigenvalue weighted by Gasteiger charge is 2.19. The molecule has 0 saturated carbocycles. The first-order valence-electron chi connectivity index (χ1n) is 6.32. The quantitative estimate of drug-likeness (QED) is 0.748. The lowest BCUT2D eigenvalue weighted by Crippen LogP contribution is -2.25. The van der Waals surface area contributed by atoms with Gasteiger partial charge in [0, 0.05) is 40.1 Å². The molecule has 4 heteroatoms. The zero-order chi connectivity index (χ0) is 13.3. The smallest absolute Gasteiger partial charge is 0.0604 e. The second-order valence-electron chi connectivity index (χ2n) is 4.38. The minimum Gasteiger partial charge on any atom is -0.357 e. The molecule has 0 fully saturated rings. The lowest BCUT2D eigenvalue weighted by molar-refractivity contribution is 0.313. The first kappa shape index (κ1) is 13.9. The van der Waals surface area contributed by atoms with Crippen molar-refractivity contribution in [2.24, 2.45) is 0 Å². The number of hydrogen-bond acceptors (Lipinski definition) is 1. The van der Waals surface area contributed by atoms with Gasteiger partial charge < -0.3 is 9.88 Å². The molecular weight excluding hydrogens is 312 g/mol. The van der Waals surface area contributed by atoms with Gasteiger partial charge >= 0.3 is 0 Å². The van der Waals surface area contributed by atoms with E-state index in [9.17, 15) is 0 Å². The first-order chi connectivity index (χ1) is 8.65. The number of hydrogen-bond donors (Lipinski definition) is 1. The molecule has 0 aliphatic carbocycles. The third-order valence-electron chi connectivity index (χ3n) is 3.19. The average molecular weight is 330 g/mol. The largest absolute Gasteiger partial charge is 0.357 e. The van der Waals surface area contributed by atoms with Gasteiger partial charge in [0.25, 0.3) is 0 Å². The Labute approximate surface area is 121 Å². The van der Waals surface area contributed by atoms with Crippen molar-refractivity contribution in [1.29, 1.82) is 0 Å². The van der Waals surface area contributed by atoms with Gasteiger partial charge in [-0.15, -0.1) is 0 Å². The minimum atomic E-state index is 0.786. The number of likely N-dealkylation sites (N-methyl/N-ethyl adjacent to an activating group) is 1. The Hall–Kier alpha value is -0.510. The van der Waals surface area contributed by atoms with Crippen LogP contribution in [-0.2, 0) is 13.0 Å². The van der Waals surface area contributed by atoms with E-state index in [0.29, 0.717) is 0 Å².